The standard InChI is InChI=1S/C52H40N2/c1-35-25-29-39(30-26-35)53(49-23-11-15-37-13-3-5-17-41(37)49)51-33-47-44-20-8-10-22-46(44)52(34-48(47)43-19-7-9-21-45(43)51)54(40-31-27-36(2)28-32-40)50-24-12-16-38-14-4-6-18-42(38)50/h3-11,13-15,17-34H,12,16H2,1-2H3. The van der Waals surface area contributed by atoms with E-state index in [9.17, 15) is 0 Å². The predicted octanol–water partition coefficient (Wildman–Crippen LogP) is 14.5. The average Bonchev–Trinajstić information content (AvgIpc) is 3.23. The Morgan fingerprint density at radius 1 is 0.389 bits per heavy atom. The van der Waals surface area contributed by atoms with E-state index in [2.05, 4.69) is 206 Å². The summed E-state index contributed by atoms with van der Waals surface area (Å²) in [6.45, 7) is 4.32. The highest BCUT2D eigenvalue weighted by molar-refractivity contribution is 6.25. The van der Waals surface area contributed by atoms with E-state index in [1.165, 1.54) is 76.7 Å². The molecule has 0 aliphatic heterocycles. The van der Waals surface area contributed by atoms with Crippen LogP contribution >= 0.6 is 0 Å². The Balaban J connectivity index is 1.29. The van der Waals surface area contributed by atoms with E-state index in [-0.39, 0.29) is 0 Å². The van der Waals surface area contributed by atoms with Crippen LogP contribution in [0.3, 0.4) is 0 Å². The lowest BCUT2D eigenvalue weighted by Crippen LogP contribution is -2.19. The first kappa shape index (κ1) is 32.0. The van der Waals surface area contributed by atoms with E-state index in [1.54, 1.807) is 0 Å². The van der Waals surface area contributed by atoms with Crippen LogP contribution in [-0.2, 0) is 6.42 Å². The van der Waals surface area contributed by atoms with Gasteiger partial charge >= 0.3 is 0 Å². The number of anilines is 5. The molecule has 0 heterocycles. The average molecular weight is 693 g/mol. The van der Waals surface area contributed by atoms with Crippen molar-refractivity contribution in [2.24, 2.45) is 0 Å². The van der Waals surface area contributed by atoms with Crippen LogP contribution in [0.2, 0.25) is 0 Å². The summed E-state index contributed by atoms with van der Waals surface area (Å²) in [5.74, 6) is 0. The lowest BCUT2D eigenvalue weighted by Gasteiger charge is -2.33. The molecule has 10 rings (SSSR count). The van der Waals surface area contributed by atoms with Gasteiger partial charge in [-0.25, -0.2) is 0 Å². The monoisotopic (exact) mass is 692 g/mol. The Kier molecular flexibility index (Phi) is 7.77. The minimum Gasteiger partial charge on any atom is -0.310 e. The molecule has 0 spiro atoms. The zero-order chi connectivity index (χ0) is 36.2. The Morgan fingerprint density at radius 2 is 0.889 bits per heavy atom. The molecule has 0 saturated carbocycles. The SMILES string of the molecule is Cc1ccc(N(C2=CCCc3ccccc32)c2cc3c4ccccc4c(N(c4ccc(C)cc4)c4cccc5ccccc45)cc3c3ccccc23)cc1. The molecule has 0 bridgehead atoms. The van der Waals surface area contributed by atoms with Gasteiger partial charge in [0, 0.05) is 38.8 Å². The summed E-state index contributed by atoms with van der Waals surface area (Å²) in [4.78, 5) is 4.98. The number of fused-ring (bicyclic) bond motifs is 7. The van der Waals surface area contributed by atoms with Gasteiger partial charge in [0.05, 0.1) is 17.1 Å². The molecular weight excluding hydrogens is 653 g/mol. The van der Waals surface area contributed by atoms with Gasteiger partial charge in [0.2, 0.25) is 0 Å². The zero-order valence-corrected chi connectivity index (χ0v) is 30.6. The molecule has 0 N–H and O–H groups in total. The van der Waals surface area contributed by atoms with Gasteiger partial charge in [-0.05, 0) is 102 Å². The second-order valence-electron chi connectivity index (χ2n) is 14.6. The minimum absolute atomic E-state index is 1.01. The molecule has 0 radical (unpaired) electrons. The van der Waals surface area contributed by atoms with Crippen molar-refractivity contribution in [1.29, 1.82) is 0 Å². The highest BCUT2D eigenvalue weighted by Crippen LogP contribution is 2.49. The molecule has 2 nitrogen and oxygen atoms in total. The minimum atomic E-state index is 1.01. The molecule has 0 atom stereocenters. The fourth-order valence-electron chi connectivity index (χ4n) is 8.56. The third-order valence-electron chi connectivity index (χ3n) is 11.2. The van der Waals surface area contributed by atoms with Gasteiger partial charge in [-0.15, -0.1) is 0 Å². The summed E-state index contributed by atoms with van der Waals surface area (Å²) in [7, 11) is 0. The number of rotatable bonds is 6. The van der Waals surface area contributed by atoms with Crippen molar-refractivity contribution in [3.05, 3.63) is 204 Å². The predicted molar refractivity (Wildman–Crippen MR) is 232 cm³/mol. The molecule has 258 valence electrons. The van der Waals surface area contributed by atoms with Crippen molar-refractivity contribution < 1.29 is 0 Å². The molecule has 54 heavy (non-hydrogen) atoms. The maximum absolute atomic E-state index is 2.51. The van der Waals surface area contributed by atoms with Crippen molar-refractivity contribution in [3.63, 3.8) is 0 Å². The Morgan fingerprint density at radius 3 is 1.54 bits per heavy atom. The Labute approximate surface area is 316 Å². The van der Waals surface area contributed by atoms with Crippen LogP contribution in [0.5, 0.6) is 0 Å². The quantitative estimate of drug-likeness (QED) is 0.160. The molecule has 9 aromatic carbocycles. The van der Waals surface area contributed by atoms with Gasteiger partial charge in [-0.1, -0.05) is 151 Å². The van der Waals surface area contributed by atoms with Crippen molar-refractivity contribution in [2.45, 2.75) is 26.7 Å². The fourth-order valence-corrected chi connectivity index (χ4v) is 8.56. The first-order valence-electron chi connectivity index (χ1n) is 19.0. The second-order valence-corrected chi connectivity index (χ2v) is 14.6. The summed E-state index contributed by atoms with van der Waals surface area (Å²) in [5.41, 5.74) is 12.3. The van der Waals surface area contributed by atoms with Gasteiger partial charge in [0.25, 0.3) is 0 Å². The van der Waals surface area contributed by atoms with Gasteiger partial charge < -0.3 is 9.80 Å². The van der Waals surface area contributed by atoms with E-state index in [0.29, 0.717) is 0 Å². The smallest absolute Gasteiger partial charge is 0.0546 e. The van der Waals surface area contributed by atoms with E-state index in [4.69, 9.17) is 0 Å². The molecule has 2 heteroatoms. The van der Waals surface area contributed by atoms with Gasteiger partial charge in [-0.2, -0.15) is 0 Å². The molecule has 0 saturated heterocycles. The van der Waals surface area contributed by atoms with Crippen LogP contribution in [0.25, 0.3) is 48.8 Å². The highest BCUT2D eigenvalue weighted by Gasteiger charge is 2.25. The van der Waals surface area contributed by atoms with Gasteiger partial charge in [-0.3, -0.25) is 0 Å². The maximum atomic E-state index is 2.51. The summed E-state index contributed by atoms with van der Waals surface area (Å²) < 4.78 is 0. The first-order chi connectivity index (χ1) is 26.6. The van der Waals surface area contributed by atoms with Crippen LogP contribution in [0.15, 0.2) is 182 Å². The first-order valence-corrected chi connectivity index (χ1v) is 19.0. The topological polar surface area (TPSA) is 6.48 Å². The normalized spacial score (nSPS) is 12.6. The molecule has 1 aliphatic carbocycles. The van der Waals surface area contributed by atoms with Crippen molar-refractivity contribution in [3.8, 4) is 0 Å². The third kappa shape index (κ3) is 5.33. The van der Waals surface area contributed by atoms with Gasteiger partial charge in [0.1, 0.15) is 0 Å². The molecule has 0 aromatic heterocycles. The van der Waals surface area contributed by atoms with Crippen LogP contribution < -0.4 is 9.80 Å². The van der Waals surface area contributed by atoms with E-state index in [0.717, 1.165) is 35.6 Å². The molecule has 9 aromatic rings. The molecule has 0 amide bonds. The van der Waals surface area contributed by atoms with Gasteiger partial charge in [0.15, 0.2) is 0 Å². The van der Waals surface area contributed by atoms with Crippen molar-refractivity contribution >= 4 is 77.2 Å². The molecular formula is C52H40N2. The summed E-state index contributed by atoms with van der Waals surface area (Å²) >= 11 is 0. The summed E-state index contributed by atoms with van der Waals surface area (Å²) in [6, 6.07) is 65.1. The molecule has 0 unspecified atom stereocenters. The second kappa shape index (κ2) is 13.1. The maximum Gasteiger partial charge on any atom is 0.0546 e. The van der Waals surface area contributed by atoms with Crippen molar-refractivity contribution in [2.75, 3.05) is 9.80 Å². The Bertz CT molecular complexity index is 2890. The van der Waals surface area contributed by atoms with Crippen LogP contribution in [0, 0.1) is 13.8 Å². The highest BCUT2D eigenvalue weighted by atomic mass is 15.2. The molecule has 1 aliphatic rings. The number of hydrogen-bond acceptors (Lipinski definition) is 2. The number of nitrogens with zero attached hydrogens (tertiary/aromatic N) is 2. The zero-order valence-electron chi connectivity index (χ0n) is 30.6. The Hall–Kier alpha value is -6.64. The van der Waals surface area contributed by atoms with Crippen molar-refractivity contribution in [1.82, 2.24) is 0 Å². The van der Waals surface area contributed by atoms with E-state index in [1.807, 2.05) is 0 Å². The van der Waals surface area contributed by atoms with E-state index >= 15 is 0 Å². The number of hydrogen-bond donors (Lipinski definition) is 0. The number of aryl methyl sites for hydroxylation is 3. The largest absolute Gasteiger partial charge is 0.310 e. The lowest BCUT2D eigenvalue weighted by molar-refractivity contribution is 0.968. The van der Waals surface area contributed by atoms with E-state index < -0.39 is 0 Å². The number of benzene rings is 9. The van der Waals surface area contributed by atoms with Crippen LogP contribution in [0.4, 0.5) is 28.4 Å². The molecule has 0 fully saturated rings. The summed E-state index contributed by atoms with van der Waals surface area (Å²) in [5, 5.41) is 9.83. The lowest BCUT2D eigenvalue weighted by atomic mass is 9.91. The third-order valence-corrected chi connectivity index (χ3v) is 11.2. The number of allylic oxidation sites excluding steroid dienone is 1. The van der Waals surface area contributed by atoms with Crippen LogP contribution in [-0.4, -0.2) is 0 Å². The van der Waals surface area contributed by atoms with Crippen LogP contribution in [0.1, 0.15) is 28.7 Å². The summed E-state index contributed by atoms with van der Waals surface area (Å²) in [6.07, 6.45) is 4.50. The fraction of sp³-hybridized carbons (Fsp3) is 0.0769.